The highest BCUT2D eigenvalue weighted by molar-refractivity contribution is 7.89. The Morgan fingerprint density at radius 2 is 1.65 bits per heavy atom. The van der Waals surface area contributed by atoms with Crippen LogP contribution in [0.3, 0.4) is 0 Å². The van der Waals surface area contributed by atoms with E-state index in [0.29, 0.717) is 55.1 Å². The maximum atomic E-state index is 12.7. The maximum absolute atomic E-state index is 12.7. The van der Waals surface area contributed by atoms with Crippen molar-refractivity contribution in [2.75, 3.05) is 39.3 Å². The van der Waals surface area contributed by atoms with Crippen molar-refractivity contribution in [3.8, 4) is 0 Å². The molecule has 2 aromatic carbocycles. The van der Waals surface area contributed by atoms with Crippen molar-refractivity contribution in [3.05, 3.63) is 76.6 Å². The number of carbonyl (C=O) groups excluding carboxylic acids is 1. The number of para-hydroxylation sites is 1. The summed E-state index contributed by atoms with van der Waals surface area (Å²) in [6, 6.07) is 16.4. The van der Waals surface area contributed by atoms with Gasteiger partial charge in [-0.25, -0.2) is 8.42 Å². The van der Waals surface area contributed by atoms with Crippen LogP contribution in [0.5, 0.6) is 0 Å². The molecule has 1 amide bonds. The van der Waals surface area contributed by atoms with Gasteiger partial charge in [-0.3, -0.25) is 14.5 Å². The normalized spacial score (nSPS) is 15.7. The van der Waals surface area contributed by atoms with Crippen LogP contribution in [-0.2, 0) is 10.0 Å². The smallest absolute Gasteiger partial charge is 0.287 e. The van der Waals surface area contributed by atoms with Crippen molar-refractivity contribution in [2.45, 2.75) is 4.90 Å². The van der Waals surface area contributed by atoms with Gasteiger partial charge >= 0.3 is 0 Å². The molecule has 1 N–H and O–H groups in total. The summed E-state index contributed by atoms with van der Waals surface area (Å²) in [5.74, 6) is -0.476. The van der Waals surface area contributed by atoms with E-state index in [1.54, 1.807) is 54.6 Å². The van der Waals surface area contributed by atoms with Crippen molar-refractivity contribution in [1.29, 1.82) is 0 Å². The van der Waals surface area contributed by atoms with Crippen LogP contribution in [0.25, 0.3) is 11.0 Å². The zero-order valence-corrected chi connectivity index (χ0v) is 17.7. The molecular weight excluding hydrogens is 418 g/mol. The van der Waals surface area contributed by atoms with Gasteiger partial charge in [-0.1, -0.05) is 30.3 Å². The van der Waals surface area contributed by atoms with E-state index in [0.717, 1.165) is 0 Å². The van der Waals surface area contributed by atoms with Crippen LogP contribution in [0, 0.1) is 0 Å². The first-order valence-electron chi connectivity index (χ1n) is 10.0. The van der Waals surface area contributed by atoms with E-state index in [-0.39, 0.29) is 11.2 Å². The molecule has 0 unspecified atom stereocenters. The predicted octanol–water partition coefficient (Wildman–Crippen LogP) is 1.53. The van der Waals surface area contributed by atoms with Crippen LogP contribution in [-0.4, -0.2) is 62.8 Å². The number of nitrogens with zero attached hydrogens (tertiary/aromatic N) is 2. The number of nitrogens with one attached hydrogen (secondary N) is 1. The molecule has 9 heteroatoms. The third kappa shape index (κ3) is 4.68. The number of benzene rings is 2. The van der Waals surface area contributed by atoms with E-state index in [1.807, 2.05) is 0 Å². The first-order chi connectivity index (χ1) is 14.9. The molecule has 8 nitrogen and oxygen atoms in total. The van der Waals surface area contributed by atoms with E-state index >= 15 is 0 Å². The molecule has 0 bridgehead atoms. The van der Waals surface area contributed by atoms with E-state index in [2.05, 4.69) is 10.2 Å². The summed E-state index contributed by atoms with van der Waals surface area (Å²) in [5.41, 5.74) is 0.110. The maximum Gasteiger partial charge on any atom is 0.287 e. The third-order valence-electron chi connectivity index (χ3n) is 5.28. The van der Waals surface area contributed by atoms with Gasteiger partial charge in [-0.05, 0) is 24.3 Å². The molecule has 1 fully saturated rings. The second-order valence-corrected chi connectivity index (χ2v) is 9.22. The van der Waals surface area contributed by atoms with Gasteiger partial charge in [0.2, 0.25) is 10.0 Å². The lowest BCUT2D eigenvalue weighted by atomic mass is 10.2. The summed E-state index contributed by atoms with van der Waals surface area (Å²) in [5, 5.41) is 3.19. The Labute approximate surface area is 180 Å². The number of carbonyl (C=O) groups is 1. The van der Waals surface area contributed by atoms with E-state index in [1.165, 1.54) is 10.4 Å². The Morgan fingerprint density at radius 1 is 0.968 bits per heavy atom. The Hall–Kier alpha value is -3.01. The molecule has 4 rings (SSSR count). The van der Waals surface area contributed by atoms with Crippen molar-refractivity contribution in [2.24, 2.45) is 0 Å². The molecule has 3 aromatic rings. The predicted molar refractivity (Wildman–Crippen MR) is 116 cm³/mol. The average molecular weight is 442 g/mol. The molecule has 0 aliphatic carbocycles. The minimum absolute atomic E-state index is 0.0255. The summed E-state index contributed by atoms with van der Waals surface area (Å²) >= 11 is 0. The second-order valence-electron chi connectivity index (χ2n) is 7.29. The van der Waals surface area contributed by atoms with Gasteiger partial charge in [0.05, 0.1) is 10.3 Å². The molecule has 1 aromatic heterocycles. The lowest BCUT2D eigenvalue weighted by Gasteiger charge is -2.33. The summed E-state index contributed by atoms with van der Waals surface area (Å²) in [7, 11) is -3.48. The third-order valence-corrected chi connectivity index (χ3v) is 7.20. The van der Waals surface area contributed by atoms with Crippen LogP contribution in [0.4, 0.5) is 0 Å². The molecule has 0 radical (unpaired) electrons. The molecule has 162 valence electrons. The number of sulfonamides is 1. The van der Waals surface area contributed by atoms with Crippen LogP contribution in [0.1, 0.15) is 10.6 Å². The van der Waals surface area contributed by atoms with Gasteiger partial charge in [-0.2, -0.15) is 4.31 Å². The van der Waals surface area contributed by atoms with Crippen molar-refractivity contribution < 1.29 is 17.6 Å². The number of piperazine rings is 1. The largest absolute Gasteiger partial charge is 0.451 e. The summed E-state index contributed by atoms with van der Waals surface area (Å²) in [4.78, 5) is 26.9. The molecule has 1 aliphatic heterocycles. The molecule has 1 saturated heterocycles. The lowest BCUT2D eigenvalue weighted by Crippen LogP contribution is -2.50. The highest BCUT2D eigenvalue weighted by Crippen LogP contribution is 2.17. The fraction of sp³-hybridized carbons (Fsp3) is 0.273. The molecule has 0 spiro atoms. The zero-order chi connectivity index (χ0) is 21.8. The fourth-order valence-electron chi connectivity index (χ4n) is 3.57. The summed E-state index contributed by atoms with van der Waals surface area (Å²) in [6.45, 7) is 2.87. The number of hydrogen-bond acceptors (Lipinski definition) is 6. The fourth-order valence-corrected chi connectivity index (χ4v) is 5.01. The molecular formula is C22H23N3O5S. The van der Waals surface area contributed by atoms with E-state index in [9.17, 15) is 18.0 Å². The van der Waals surface area contributed by atoms with Gasteiger partial charge in [0.25, 0.3) is 5.91 Å². The Bertz CT molecular complexity index is 1230. The zero-order valence-electron chi connectivity index (χ0n) is 16.9. The molecule has 2 heterocycles. The molecule has 1 aliphatic rings. The Balaban J connectivity index is 1.29. The lowest BCUT2D eigenvalue weighted by molar-refractivity contribution is 0.0918. The first-order valence-corrected chi connectivity index (χ1v) is 11.5. The minimum atomic E-state index is -3.48. The van der Waals surface area contributed by atoms with Crippen molar-refractivity contribution in [3.63, 3.8) is 0 Å². The molecule has 0 atom stereocenters. The number of rotatable bonds is 6. The van der Waals surface area contributed by atoms with E-state index < -0.39 is 15.9 Å². The quantitative estimate of drug-likeness (QED) is 0.623. The van der Waals surface area contributed by atoms with Crippen LogP contribution >= 0.6 is 0 Å². The van der Waals surface area contributed by atoms with Crippen molar-refractivity contribution in [1.82, 2.24) is 14.5 Å². The van der Waals surface area contributed by atoms with Gasteiger partial charge < -0.3 is 9.73 Å². The standard InChI is InChI=1S/C22H23N3O5S/c26-19-16-21(30-20-9-5-4-8-18(19)20)22(27)23-10-11-24-12-14-25(15-13-24)31(28,29)17-6-2-1-3-7-17/h1-9,16H,10-15H2,(H,23,27). The van der Waals surface area contributed by atoms with Crippen molar-refractivity contribution >= 4 is 26.9 Å². The van der Waals surface area contributed by atoms with E-state index in [4.69, 9.17) is 4.42 Å². The number of amides is 1. The highest BCUT2D eigenvalue weighted by Gasteiger charge is 2.28. The molecule has 31 heavy (non-hydrogen) atoms. The SMILES string of the molecule is O=C(NCCN1CCN(S(=O)(=O)c2ccccc2)CC1)c1cc(=O)c2ccccc2o1. The van der Waals surface area contributed by atoms with Gasteiger partial charge in [0.1, 0.15) is 5.58 Å². The number of fused-ring (bicyclic) bond motifs is 1. The topological polar surface area (TPSA) is 99.9 Å². The first kappa shape index (κ1) is 21.2. The monoisotopic (exact) mass is 441 g/mol. The van der Waals surface area contributed by atoms with Crippen LogP contribution in [0.2, 0.25) is 0 Å². The second kappa shape index (κ2) is 9.01. The van der Waals surface area contributed by atoms with Gasteiger partial charge in [-0.15, -0.1) is 0 Å². The van der Waals surface area contributed by atoms with Gasteiger partial charge in [0.15, 0.2) is 11.2 Å². The molecule has 0 saturated carbocycles. The minimum Gasteiger partial charge on any atom is -0.451 e. The number of hydrogen-bond donors (Lipinski definition) is 1. The van der Waals surface area contributed by atoms with Gasteiger partial charge in [0, 0.05) is 45.3 Å². The van der Waals surface area contributed by atoms with Crippen LogP contribution in [0.15, 0.2) is 74.8 Å². The Kier molecular flexibility index (Phi) is 6.17. The highest BCUT2D eigenvalue weighted by atomic mass is 32.2. The Morgan fingerprint density at radius 3 is 2.39 bits per heavy atom. The van der Waals surface area contributed by atoms with Crippen LogP contribution < -0.4 is 10.7 Å². The average Bonchev–Trinajstić information content (AvgIpc) is 2.80. The summed E-state index contributed by atoms with van der Waals surface area (Å²) in [6.07, 6.45) is 0. The summed E-state index contributed by atoms with van der Waals surface area (Å²) < 4.78 is 32.4.